The number of nitrogens with zero attached hydrogens (tertiary/aromatic N) is 3. The SMILES string of the molecule is CCN1CCc2nc(Cl)c(C#N)cc2C1. The third kappa shape index (κ3) is 1.97. The van der Waals surface area contributed by atoms with Crippen molar-refractivity contribution in [3.8, 4) is 6.07 Å². The molecule has 78 valence electrons. The molecule has 0 amide bonds. The quantitative estimate of drug-likeness (QED) is 0.681. The predicted octanol–water partition coefficient (Wildman–Crippen LogP) is 1.98. The number of pyridine rings is 1. The third-order valence-corrected chi connectivity index (χ3v) is 3.06. The molecule has 0 radical (unpaired) electrons. The van der Waals surface area contributed by atoms with Crippen LogP contribution in [0.4, 0.5) is 0 Å². The topological polar surface area (TPSA) is 39.9 Å². The third-order valence-electron chi connectivity index (χ3n) is 2.77. The Labute approximate surface area is 94.3 Å². The van der Waals surface area contributed by atoms with Gasteiger partial charge in [-0.05, 0) is 18.2 Å². The van der Waals surface area contributed by atoms with E-state index in [-0.39, 0.29) is 0 Å². The lowest BCUT2D eigenvalue weighted by Gasteiger charge is -2.26. The highest BCUT2D eigenvalue weighted by Gasteiger charge is 2.18. The van der Waals surface area contributed by atoms with Gasteiger partial charge >= 0.3 is 0 Å². The van der Waals surface area contributed by atoms with Gasteiger partial charge in [0.1, 0.15) is 11.2 Å². The highest BCUT2D eigenvalue weighted by molar-refractivity contribution is 6.30. The van der Waals surface area contributed by atoms with Crippen LogP contribution in [0, 0.1) is 11.3 Å². The Morgan fingerprint density at radius 3 is 3.13 bits per heavy atom. The standard InChI is InChI=1S/C11H12ClN3/c1-2-15-4-3-10-9(7-15)5-8(6-13)11(12)14-10/h5H,2-4,7H2,1H3. The van der Waals surface area contributed by atoms with E-state index in [2.05, 4.69) is 22.9 Å². The van der Waals surface area contributed by atoms with Gasteiger partial charge in [-0.25, -0.2) is 4.98 Å². The Morgan fingerprint density at radius 2 is 2.47 bits per heavy atom. The number of halogens is 1. The number of rotatable bonds is 1. The molecular formula is C11H12ClN3. The van der Waals surface area contributed by atoms with Crippen LogP contribution in [-0.2, 0) is 13.0 Å². The summed E-state index contributed by atoms with van der Waals surface area (Å²) >= 11 is 5.88. The minimum atomic E-state index is 0.334. The zero-order valence-corrected chi connectivity index (χ0v) is 9.38. The van der Waals surface area contributed by atoms with Gasteiger partial charge in [0.2, 0.25) is 0 Å². The second kappa shape index (κ2) is 4.18. The Balaban J connectivity index is 2.38. The maximum absolute atomic E-state index is 8.86. The maximum atomic E-state index is 8.86. The summed E-state index contributed by atoms with van der Waals surface area (Å²) in [5, 5.41) is 9.19. The van der Waals surface area contributed by atoms with Gasteiger partial charge in [-0.15, -0.1) is 0 Å². The average Bonchev–Trinajstić information content (AvgIpc) is 2.27. The maximum Gasteiger partial charge on any atom is 0.147 e. The molecule has 1 aromatic rings. The van der Waals surface area contributed by atoms with E-state index in [4.69, 9.17) is 16.9 Å². The molecule has 1 aromatic heterocycles. The summed E-state index contributed by atoms with van der Waals surface area (Å²) in [5.41, 5.74) is 2.67. The first-order valence-corrected chi connectivity index (χ1v) is 5.43. The number of likely N-dealkylation sites (N-methyl/N-ethyl adjacent to an activating group) is 1. The molecule has 0 aromatic carbocycles. The lowest BCUT2D eigenvalue weighted by molar-refractivity contribution is 0.266. The van der Waals surface area contributed by atoms with E-state index in [1.807, 2.05) is 6.07 Å². The van der Waals surface area contributed by atoms with Crippen LogP contribution >= 0.6 is 11.6 Å². The number of aromatic nitrogens is 1. The molecule has 0 unspecified atom stereocenters. The number of nitriles is 1. The molecule has 0 spiro atoms. The van der Waals surface area contributed by atoms with Crippen molar-refractivity contribution in [2.45, 2.75) is 19.9 Å². The van der Waals surface area contributed by atoms with Crippen molar-refractivity contribution in [1.82, 2.24) is 9.88 Å². The van der Waals surface area contributed by atoms with E-state index < -0.39 is 0 Å². The first-order chi connectivity index (χ1) is 7.24. The van der Waals surface area contributed by atoms with Crippen LogP contribution in [0.3, 0.4) is 0 Å². The van der Waals surface area contributed by atoms with Gasteiger partial charge in [-0.1, -0.05) is 18.5 Å². The van der Waals surface area contributed by atoms with E-state index >= 15 is 0 Å². The Hall–Kier alpha value is -1.11. The van der Waals surface area contributed by atoms with Gasteiger partial charge in [-0.2, -0.15) is 5.26 Å². The molecule has 0 aliphatic carbocycles. The summed E-state index contributed by atoms with van der Waals surface area (Å²) in [5.74, 6) is 0. The van der Waals surface area contributed by atoms with E-state index in [0.717, 1.165) is 37.3 Å². The highest BCUT2D eigenvalue weighted by Crippen LogP contribution is 2.22. The summed E-state index contributed by atoms with van der Waals surface area (Å²) in [4.78, 5) is 6.60. The molecule has 4 heteroatoms. The minimum Gasteiger partial charge on any atom is -0.299 e. The van der Waals surface area contributed by atoms with Gasteiger partial charge in [0.15, 0.2) is 0 Å². The van der Waals surface area contributed by atoms with Gasteiger partial charge in [-0.3, -0.25) is 4.90 Å². The van der Waals surface area contributed by atoms with Crippen LogP contribution in [0.1, 0.15) is 23.7 Å². The zero-order valence-electron chi connectivity index (χ0n) is 8.63. The van der Waals surface area contributed by atoms with Gasteiger partial charge in [0.25, 0.3) is 0 Å². The second-order valence-corrected chi connectivity index (χ2v) is 4.02. The zero-order chi connectivity index (χ0) is 10.8. The van der Waals surface area contributed by atoms with E-state index in [9.17, 15) is 0 Å². The Kier molecular flexibility index (Phi) is 2.90. The molecule has 0 N–H and O–H groups in total. The summed E-state index contributed by atoms with van der Waals surface area (Å²) in [6.45, 7) is 5.08. The van der Waals surface area contributed by atoms with E-state index in [1.54, 1.807) is 0 Å². The first-order valence-electron chi connectivity index (χ1n) is 5.05. The molecular weight excluding hydrogens is 210 g/mol. The molecule has 0 saturated carbocycles. The largest absolute Gasteiger partial charge is 0.299 e. The monoisotopic (exact) mass is 221 g/mol. The minimum absolute atomic E-state index is 0.334. The van der Waals surface area contributed by atoms with Gasteiger partial charge in [0.05, 0.1) is 5.56 Å². The fourth-order valence-corrected chi connectivity index (χ4v) is 2.05. The lowest BCUT2D eigenvalue weighted by atomic mass is 10.0. The van der Waals surface area contributed by atoms with Crippen LogP contribution < -0.4 is 0 Å². The number of fused-ring (bicyclic) bond motifs is 1. The molecule has 0 atom stereocenters. The second-order valence-electron chi connectivity index (χ2n) is 3.66. The molecule has 3 nitrogen and oxygen atoms in total. The molecule has 2 rings (SSSR count). The first kappa shape index (κ1) is 10.4. The van der Waals surface area contributed by atoms with Crippen molar-refractivity contribution in [3.63, 3.8) is 0 Å². The molecule has 0 fully saturated rings. The van der Waals surface area contributed by atoms with Gasteiger partial charge < -0.3 is 0 Å². The van der Waals surface area contributed by atoms with Crippen molar-refractivity contribution < 1.29 is 0 Å². The summed E-state index contributed by atoms with van der Waals surface area (Å²) in [7, 11) is 0. The molecule has 2 heterocycles. The fourth-order valence-electron chi connectivity index (χ4n) is 1.85. The number of hydrogen-bond donors (Lipinski definition) is 0. The summed E-state index contributed by atoms with van der Waals surface area (Å²) in [6, 6.07) is 3.93. The normalized spacial score (nSPS) is 15.8. The smallest absolute Gasteiger partial charge is 0.147 e. The average molecular weight is 222 g/mol. The van der Waals surface area contributed by atoms with Crippen LogP contribution in [0.5, 0.6) is 0 Å². The predicted molar refractivity (Wildman–Crippen MR) is 58.6 cm³/mol. The van der Waals surface area contributed by atoms with Crippen LogP contribution in [-0.4, -0.2) is 23.0 Å². The van der Waals surface area contributed by atoms with Crippen molar-refractivity contribution in [2.24, 2.45) is 0 Å². The van der Waals surface area contributed by atoms with Crippen molar-refractivity contribution in [1.29, 1.82) is 5.26 Å². The van der Waals surface area contributed by atoms with Crippen molar-refractivity contribution in [3.05, 3.63) is 28.0 Å². The lowest BCUT2D eigenvalue weighted by Crippen LogP contribution is -2.30. The Morgan fingerprint density at radius 1 is 1.67 bits per heavy atom. The van der Waals surface area contributed by atoms with Crippen LogP contribution in [0.2, 0.25) is 5.15 Å². The molecule has 15 heavy (non-hydrogen) atoms. The number of hydrogen-bond acceptors (Lipinski definition) is 3. The fraction of sp³-hybridized carbons (Fsp3) is 0.455. The molecule has 0 bridgehead atoms. The molecule has 1 aliphatic rings. The molecule has 0 saturated heterocycles. The molecule has 1 aliphatic heterocycles. The Bertz CT molecular complexity index is 423. The van der Waals surface area contributed by atoms with Crippen molar-refractivity contribution >= 4 is 11.6 Å². The summed E-state index contributed by atoms with van der Waals surface area (Å²) < 4.78 is 0. The van der Waals surface area contributed by atoms with Gasteiger partial charge in [0, 0.05) is 25.2 Å². The van der Waals surface area contributed by atoms with Crippen LogP contribution in [0.15, 0.2) is 6.07 Å². The van der Waals surface area contributed by atoms with Crippen molar-refractivity contribution in [2.75, 3.05) is 13.1 Å². The highest BCUT2D eigenvalue weighted by atomic mass is 35.5. The van der Waals surface area contributed by atoms with E-state index in [1.165, 1.54) is 0 Å². The van der Waals surface area contributed by atoms with Crippen LogP contribution in [0.25, 0.3) is 0 Å². The van der Waals surface area contributed by atoms with E-state index in [0.29, 0.717) is 10.7 Å². The summed E-state index contributed by atoms with van der Waals surface area (Å²) in [6.07, 6.45) is 0.925.